The van der Waals surface area contributed by atoms with Crippen LogP contribution in [0.25, 0.3) is 0 Å². The average Bonchev–Trinajstić information content (AvgIpc) is 3.03. The van der Waals surface area contributed by atoms with E-state index in [1.54, 1.807) is 18.3 Å². The summed E-state index contributed by atoms with van der Waals surface area (Å²) in [6.07, 6.45) is 5.37. The first kappa shape index (κ1) is 9.01. The van der Waals surface area contributed by atoms with Gasteiger partial charge in [0.2, 0.25) is 0 Å². The van der Waals surface area contributed by atoms with Gasteiger partial charge in [-0.3, -0.25) is 0 Å². The SMILES string of the molecule is N#Cc1ncccc1OCCC1CC1. The first-order valence-corrected chi connectivity index (χ1v) is 4.88. The summed E-state index contributed by atoms with van der Waals surface area (Å²) in [5.41, 5.74) is 0.378. The fourth-order valence-corrected chi connectivity index (χ4v) is 1.33. The third kappa shape index (κ3) is 2.23. The van der Waals surface area contributed by atoms with Crippen LogP contribution in [0.2, 0.25) is 0 Å². The van der Waals surface area contributed by atoms with Crippen molar-refractivity contribution in [3.05, 3.63) is 24.0 Å². The Morgan fingerprint density at radius 2 is 2.43 bits per heavy atom. The van der Waals surface area contributed by atoms with Gasteiger partial charge in [-0.05, 0) is 24.5 Å². The van der Waals surface area contributed by atoms with Crippen LogP contribution in [0.15, 0.2) is 18.3 Å². The topological polar surface area (TPSA) is 45.9 Å². The van der Waals surface area contributed by atoms with Crippen molar-refractivity contribution in [2.24, 2.45) is 5.92 Å². The van der Waals surface area contributed by atoms with Crippen molar-refractivity contribution in [1.82, 2.24) is 4.98 Å². The van der Waals surface area contributed by atoms with Crippen LogP contribution < -0.4 is 4.74 Å². The molecule has 1 fully saturated rings. The fourth-order valence-electron chi connectivity index (χ4n) is 1.33. The molecule has 0 aromatic carbocycles. The van der Waals surface area contributed by atoms with Gasteiger partial charge in [0.15, 0.2) is 11.4 Å². The summed E-state index contributed by atoms with van der Waals surface area (Å²) in [5, 5.41) is 8.75. The molecule has 72 valence electrons. The molecule has 2 rings (SSSR count). The summed E-state index contributed by atoms with van der Waals surface area (Å²) in [5.74, 6) is 1.47. The highest BCUT2D eigenvalue weighted by molar-refractivity contribution is 5.36. The van der Waals surface area contributed by atoms with Crippen LogP contribution in [-0.2, 0) is 0 Å². The van der Waals surface area contributed by atoms with Crippen molar-refractivity contribution in [3.8, 4) is 11.8 Å². The molecule has 0 radical (unpaired) electrons. The van der Waals surface area contributed by atoms with Crippen LogP contribution >= 0.6 is 0 Å². The Bertz CT molecular complexity index is 353. The van der Waals surface area contributed by atoms with E-state index < -0.39 is 0 Å². The second-order valence-electron chi connectivity index (χ2n) is 3.54. The van der Waals surface area contributed by atoms with E-state index in [1.807, 2.05) is 6.07 Å². The molecule has 3 nitrogen and oxygen atoms in total. The molecule has 3 heteroatoms. The van der Waals surface area contributed by atoms with Crippen molar-refractivity contribution >= 4 is 0 Å². The van der Waals surface area contributed by atoms with E-state index in [1.165, 1.54) is 12.8 Å². The Labute approximate surface area is 83.3 Å². The van der Waals surface area contributed by atoms with Crippen LogP contribution in [0.1, 0.15) is 25.0 Å². The standard InChI is InChI=1S/C11H12N2O/c12-8-10-11(2-1-6-13-10)14-7-5-9-3-4-9/h1-2,6,9H,3-5,7H2. The lowest BCUT2D eigenvalue weighted by Crippen LogP contribution is -2.00. The molecule has 1 heterocycles. The Kier molecular flexibility index (Phi) is 2.64. The zero-order valence-corrected chi connectivity index (χ0v) is 7.94. The lowest BCUT2D eigenvalue weighted by Gasteiger charge is -2.05. The number of rotatable bonds is 4. The fraction of sp³-hybridized carbons (Fsp3) is 0.455. The van der Waals surface area contributed by atoms with Gasteiger partial charge in [-0.1, -0.05) is 12.8 Å². The second-order valence-corrected chi connectivity index (χ2v) is 3.54. The Hall–Kier alpha value is -1.56. The van der Waals surface area contributed by atoms with Crippen molar-refractivity contribution in [3.63, 3.8) is 0 Å². The highest BCUT2D eigenvalue weighted by atomic mass is 16.5. The molecule has 0 atom stereocenters. The quantitative estimate of drug-likeness (QED) is 0.727. The van der Waals surface area contributed by atoms with Gasteiger partial charge in [0.05, 0.1) is 6.61 Å². The molecule has 0 unspecified atom stereocenters. The van der Waals surface area contributed by atoms with Gasteiger partial charge in [0.1, 0.15) is 6.07 Å². The summed E-state index contributed by atoms with van der Waals surface area (Å²) >= 11 is 0. The third-order valence-electron chi connectivity index (χ3n) is 2.36. The van der Waals surface area contributed by atoms with Crippen molar-refractivity contribution in [2.45, 2.75) is 19.3 Å². The second kappa shape index (κ2) is 4.10. The molecule has 0 spiro atoms. The Balaban J connectivity index is 1.90. The molecular formula is C11H12N2O. The molecule has 1 aromatic heterocycles. The zero-order valence-electron chi connectivity index (χ0n) is 7.94. The number of aromatic nitrogens is 1. The maximum absolute atomic E-state index is 8.75. The van der Waals surface area contributed by atoms with Crippen LogP contribution in [0.4, 0.5) is 0 Å². The highest BCUT2D eigenvalue weighted by Crippen LogP contribution is 2.32. The molecule has 0 saturated heterocycles. The molecule has 0 amide bonds. The van der Waals surface area contributed by atoms with Gasteiger partial charge in [0.25, 0.3) is 0 Å². The van der Waals surface area contributed by atoms with E-state index in [0.29, 0.717) is 18.1 Å². The molecule has 0 aliphatic heterocycles. The Morgan fingerprint density at radius 3 is 3.14 bits per heavy atom. The maximum atomic E-state index is 8.75. The molecule has 1 aliphatic rings. The van der Waals surface area contributed by atoms with E-state index in [-0.39, 0.29) is 0 Å². The van der Waals surface area contributed by atoms with E-state index in [9.17, 15) is 0 Å². The number of nitriles is 1. The minimum atomic E-state index is 0.378. The number of hydrogen-bond donors (Lipinski definition) is 0. The summed E-state index contributed by atoms with van der Waals surface area (Å²) in [6, 6.07) is 5.59. The van der Waals surface area contributed by atoms with Crippen LogP contribution in [0, 0.1) is 17.2 Å². The van der Waals surface area contributed by atoms with E-state index in [0.717, 1.165) is 12.3 Å². The van der Waals surface area contributed by atoms with Crippen molar-refractivity contribution in [1.29, 1.82) is 5.26 Å². The summed E-state index contributed by atoms with van der Waals surface area (Å²) in [4.78, 5) is 3.92. The average molecular weight is 188 g/mol. The Morgan fingerprint density at radius 1 is 1.57 bits per heavy atom. The summed E-state index contributed by atoms with van der Waals surface area (Å²) in [7, 11) is 0. The smallest absolute Gasteiger partial charge is 0.182 e. The van der Waals surface area contributed by atoms with E-state index in [2.05, 4.69) is 4.98 Å². The normalized spacial score (nSPS) is 14.8. The molecular weight excluding hydrogens is 176 g/mol. The predicted octanol–water partition coefficient (Wildman–Crippen LogP) is 2.13. The van der Waals surface area contributed by atoms with Gasteiger partial charge in [-0.25, -0.2) is 4.98 Å². The number of pyridine rings is 1. The van der Waals surface area contributed by atoms with Crippen molar-refractivity contribution < 1.29 is 4.74 Å². The predicted molar refractivity (Wildman–Crippen MR) is 51.8 cm³/mol. The monoisotopic (exact) mass is 188 g/mol. The first-order valence-electron chi connectivity index (χ1n) is 4.88. The zero-order chi connectivity index (χ0) is 9.80. The maximum Gasteiger partial charge on any atom is 0.182 e. The van der Waals surface area contributed by atoms with Gasteiger partial charge >= 0.3 is 0 Å². The molecule has 0 N–H and O–H groups in total. The van der Waals surface area contributed by atoms with Gasteiger partial charge in [0, 0.05) is 6.20 Å². The summed E-state index contributed by atoms with van der Waals surface area (Å²) in [6.45, 7) is 0.699. The lowest BCUT2D eigenvalue weighted by atomic mass is 10.3. The third-order valence-corrected chi connectivity index (χ3v) is 2.36. The van der Waals surface area contributed by atoms with Gasteiger partial charge in [-0.2, -0.15) is 5.26 Å². The van der Waals surface area contributed by atoms with E-state index in [4.69, 9.17) is 10.00 Å². The van der Waals surface area contributed by atoms with Gasteiger partial charge < -0.3 is 4.74 Å². The van der Waals surface area contributed by atoms with E-state index >= 15 is 0 Å². The minimum absolute atomic E-state index is 0.378. The van der Waals surface area contributed by atoms with Crippen LogP contribution in [0.5, 0.6) is 5.75 Å². The number of hydrogen-bond acceptors (Lipinski definition) is 3. The molecule has 14 heavy (non-hydrogen) atoms. The van der Waals surface area contributed by atoms with Gasteiger partial charge in [-0.15, -0.1) is 0 Å². The van der Waals surface area contributed by atoms with Crippen molar-refractivity contribution in [2.75, 3.05) is 6.61 Å². The highest BCUT2D eigenvalue weighted by Gasteiger charge is 2.20. The molecule has 1 aliphatic carbocycles. The number of ether oxygens (including phenoxy) is 1. The first-order chi connectivity index (χ1) is 6.90. The number of nitrogens with zero attached hydrogens (tertiary/aromatic N) is 2. The molecule has 0 bridgehead atoms. The minimum Gasteiger partial charge on any atom is -0.491 e. The van der Waals surface area contributed by atoms with Crippen LogP contribution in [-0.4, -0.2) is 11.6 Å². The summed E-state index contributed by atoms with van der Waals surface area (Å²) < 4.78 is 5.49. The molecule has 1 aromatic rings. The lowest BCUT2D eigenvalue weighted by molar-refractivity contribution is 0.300. The largest absolute Gasteiger partial charge is 0.491 e. The van der Waals surface area contributed by atoms with Crippen LogP contribution in [0.3, 0.4) is 0 Å². The molecule has 1 saturated carbocycles.